The molecule has 3 unspecified atom stereocenters. The molecule has 22 heavy (non-hydrogen) atoms. The lowest BCUT2D eigenvalue weighted by Crippen LogP contribution is -2.34. The van der Waals surface area contributed by atoms with Crippen molar-refractivity contribution in [3.05, 3.63) is 0 Å². The van der Waals surface area contributed by atoms with Crippen LogP contribution >= 0.6 is 0 Å². The summed E-state index contributed by atoms with van der Waals surface area (Å²) >= 11 is 0. The van der Waals surface area contributed by atoms with Gasteiger partial charge in [0.1, 0.15) is 12.2 Å². The second kappa shape index (κ2) is 10.5. The van der Waals surface area contributed by atoms with E-state index in [0.29, 0.717) is 6.42 Å². The summed E-state index contributed by atoms with van der Waals surface area (Å²) in [5.74, 6) is 0. The van der Waals surface area contributed by atoms with Crippen LogP contribution in [0.2, 0.25) is 0 Å². The van der Waals surface area contributed by atoms with Crippen LogP contribution in [0.5, 0.6) is 0 Å². The Morgan fingerprint density at radius 1 is 0.864 bits per heavy atom. The van der Waals surface area contributed by atoms with Gasteiger partial charge in [-0.3, -0.25) is 0 Å². The minimum atomic E-state index is -1.18. The molecule has 0 heterocycles. The predicted molar refractivity (Wildman–Crippen MR) is 72.2 cm³/mol. The summed E-state index contributed by atoms with van der Waals surface area (Å²) in [5.41, 5.74) is 0. The van der Waals surface area contributed by atoms with Gasteiger partial charge in [-0.25, -0.2) is 14.4 Å². The first kappa shape index (κ1) is 19.8. The van der Waals surface area contributed by atoms with Crippen LogP contribution in [0.25, 0.3) is 0 Å². The Morgan fingerprint density at radius 3 is 1.95 bits per heavy atom. The minimum Gasteiger partial charge on any atom is -0.438 e. The van der Waals surface area contributed by atoms with Crippen LogP contribution < -0.4 is 0 Å². The number of hydrogen-bond acceptors (Lipinski definition) is 9. The normalized spacial score (nSPS) is 14.0. The Morgan fingerprint density at radius 2 is 1.45 bits per heavy atom. The summed E-state index contributed by atoms with van der Waals surface area (Å²) in [7, 11) is 1.17. The van der Waals surface area contributed by atoms with Gasteiger partial charge in [-0.1, -0.05) is 6.92 Å². The topological polar surface area (TPSA) is 107 Å². The molecule has 0 aromatic carbocycles. The van der Waals surface area contributed by atoms with Crippen LogP contribution in [0.3, 0.4) is 0 Å². The Bertz CT molecular complexity index is 369. The third-order valence-electron chi connectivity index (χ3n) is 2.41. The van der Waals surface area contributed by atoms with Gasteiger partial charge in [-0.2, -0.15) is 0 Å². The Balaban J connectivity index is 4.30. The first-order valence-corrected chi connectivity index (χ1v) is 6.79. The molecule has 0 radical (unpaired) electrons. The molecule has 0 rings (SSSR count). The molecule has 9 heteroatoms. The first-order valence-electron chi connectivity index (χ1n) is 6.79. The SMILES string of the molecule is CCOC(=O)OC(C)OC(=O)OC(CC)C(C)OC(=O)OC. The quantitative estimate of drug-likeness (QED) is 0.397. The molecule has 0 spiro atoms. The molecular weight excluding hydrogens is 300 g/mol. The van der Waals surface area contributed by atoms with E-state index in [1.807, 2.05) is 0 Å². The van der Waals surface area contributed by atoms with E-state index in [9.17, 15) is 14.4 Å². The Labute approximate surface area is 128 Å². The largest absolute Gasteiger partial charge is 0.511 e. The van der Waals surface area contributed by atoms with Gasteiger partial charge in [-0.15, -0.1) is 0 Å². The predicted octanol–water partition coefficient (Wildman–Crippen LogP) is 2.61. The summed E-state index contributed by atoms with van der Waals surface area (Å²) in [6.45, 7) is 6.34. The molecule has 0 aromatic heterocycles. The molecule has 0 aliphatic heterocycles. The fraction of sp³-hybridized carbons (Fsp3) is 0.769. The fourth-order valence-corrected chi connectivity index (χ4v) is 1.39. The second-order valence-electron chi connectivity index (χ2n) is 4.08. The van der Waals surface area contributed by atoms with Crippen molar-refractivity contribution in [2.45, 2.75) is 52.6 Å². The highest BCUT2D eigenvalue weighted by atomic mass is 16.8. The summed E-state index contributed by atoms with van der Waals surface area (Å²) in [6, 6.07) is 0. The molecule has 0 aliphatic carbocycles. The van der Waals surface area contributed by atoms with Crippen LogP contribution in [-0.4, -0.2) is 50.7 Å². The Kier molecular flexibility index (Phi) is 9.48. The molecule has 0 aliphatic rings. The third kappa shape index (κ3) is 8.18. The van der Waals surface area contributed by atoms with Crippen molar-refractivity contribution in [2.75, 3.05) is 13.7 Å². The van der Waals surface area contributed by atoms with Gasteiger partial charge in [0.05, 0.1) is 13.7 Å². The van der Waals surface area contributed by atoms with E-state index >= 15 is 0 Å². The van der Waals surface area contributed by atoms with Gasteiger partial charge >= 0.3 is 18.5 Å². The maximum atomic E-state index is 11.6. The van der Waals surface area contributed by atoms with Crippen molar-refractivity contribution in [1.82, 2.24) is 0 Å². The first-order chi connectivity index (χ1) is 10.3. The molecule has 0 fully saturated rings. The zero-order chi connectivity index (χ0) is 17.1. The minimum absolute atomic E-state index is 0.135. The molecule has 0 bridgehead atoms. The molecule has 0 N–H and O–H groups in total. The third-order valence-corrected chi connectivity index (χ3v) is 2.41. The fourth-order valence-electron chi connectivity index (χ4n) is 1.39. The molecule has 3 atom stereocenters. The maximum Gasteiger partial charge on any atom is 0.511 e. The van der Waals surface area contributed by atoms with E-state index < -0.39 is 37.0 Å². The summed E-state index contributed by atoms with van der Waals surface area (Å²) in [6.07, 6.45) is -5.18. The van der Waals surface area contributed by atoms with Crippen molar-refractivity contribution in [2.24, 2.45) is 0 Å². The Hall–Kier alpha value is -2.19. The molecule has 0 saturated heterocycles. The van der Waals surface area contributed by atoms with Gasteiger partial charge in [0.25, 0.3) is 6.29 Å². The van der Waals surface area contributed by atoms with E-state index in [-0.39, 0.29) is 6.61 Å². The van der Waals surface area contributed by atoms with Crippen molar-refractivity contribution < 1.29 is 42.8 Å². The number of methoxy groups -OCH3 is 1. The number of carbonyl (C=O) groups excluding carboxylic acids is 3. The van der Waals surface area contributed by atoms with Crippen LogP contribution in [0, 0.1) is 0 Å². The molecule has 0 aromatic rings. The average molecular weight is 322 g/mol. The number of hydrogen-bond donors (Lipinski definition) is 0. The number of carbonyl (C=O) groups is 3. The van der Waals surface area contributed by atoms with Gasteiger partial charge in [0.2, 0.25) is 0 Å². The van der Waals surface area contributed by atoms with Gasteiger partial charge in [0, 0.05) is 6.92 Å². The van der Waals surface area contributed by atoms with Crippen molar-refractivity contribution in [1.29, 1.82) is 0 Å². The van der Waals surface area contributed by atoms with Crippen LogP contribution in [0.15, 0.2) is 0 Å². The summed E-state index contributed by atoms with van der Waals surface area (Å²) in [5, 5.41) is 0. The lowest BCUT2D eigenvalue weighted by molar-refractivity contribution is -0.110. The molecule has 0 saturated carbocycles. The standard InChI is InChI=1S/C13H22O9/c1-6-10(8(3)19-11(14)17-5)22-13(16)21-9(4)20-12(15)18-7-2/h8-10H,6-7H2,1-5H3. The van der Waals surface area contributed by atoms with Gasteiger partial charge in [-0.05, 0) is 20.3 Å². The summed E-state index contributed by atoms with van der Waals surface area (Å²) in [4.78, 5) is 33.6. The smallest absolute Gasteiger partial charge is 0.438 e. The van der Waals surface area contributed by atoms with Crippen molar-refractivity contribution in [3.8, 4) is 0 Å². The highest BCUT2D eigenvalue weighted by molar-refractivity contribution is 5.62. The molecule has 0 amide bonds. The van der Waals surface area contributed by atoms with Gasteiger partial charge < -0.3 is 28.4 Å². The lowest BCUT2D eigenvalue weighted by Gasteiger charge is -2.22. The molecular formula is C13H22O9. The van der Waals surface area contributed by atoms with Crippen molar-refractivity contribution >= 4 is 18.5 Å². The van der Waals surface area contributed by atoms with E-state index in [4.69, 9.17) is 14.2 Å². The monoisotopic (exact) mass is 322 g/mol. The second-order valence-corrected chi connectivity index (χ2v) is 4.08. The average Bonchev–Trinajstić information content (AvgIpc) is 2.44. The van der Waals surface area contributed by atoms with E-state index in [0.717, 1.165) is 0 Å². The number of ether oxygens (including phenoxy) is 6. The number of rotatable bonds is 7. The molecule has 9 nitrogen and oxygen atoms in total. The van der Waals surface area contributed by atoms with E-state index in [1.54, 1.807) is 13.8 Å². The highest BCUT2D eigenvalue weighted by Crippen LogP contribution is 2.11. The highest BCUT2D eigenvalue weighted by Gasteiger charge is 2.26. The van der Waals surface area contributed by atoms with Crippen molar-refractivity contribution in [3.63, 3.8) is 0 Å². The van der Waals surface area contributed by atoms with Crippen LogP contribution in [0.4, 0.5) is 14.4 Å². The molecule has 128 valence electrons. The summed E-state index contributed by atoms with van der Waals surface area (Å²) < 4.78 is 28.1. The van der Waals surface area contributed by atoms with Crippen LogP contribution in [-0.2, 0) is 28.4 Å². The van der Waals surface area contributed by atoms with Gasteiger partial charge in [0.15, 0.2) is 0 Å². The zero-order valence-electron chi connectivity index (χ0n) is 13.3. The van der Waals surface area contributed by atoms with E-state index in [1.165, 1.54) is 21.0 Å². The maximum absolute atomic E-state index is 11.6. The van der Waals surface area contributed by atoms with E-state index in [2.05, 4.69) is 14.2 Å². The zero-order valence-corrected chi connectivity index (χ0v) is 13.3. The lowest BCUT2D eigenvalue weighted by atomic mass is 10.2. The van der Waals surface area contributed by atoms with Crippen LogP contribution in [0.1, 0.15) is 34.1 Å².